The minimum atomic E-state index is -0.700. The average molecular weight is 613 g/mol. The Kier molecular flexibility index (Phi) is 31.3. The lowest BCUT2D eigenvalue weighted by Crippen LogP contribution is -2.40. The molecule has 0 heterocycles. The molecule has 0 aliphatic carbocycles. The molecule has 0 aliphatic heterocycles. The molecule has 1 unspecified atom stereocenters. The summed E-state index contributed by atoms with van der Waals surface area (Å²) in [6.07, 6.45) is 26.3. The molecule has 0 saturated carbocycles. The van der Waals surface area contributed by atoms with Gasteiger partial charge in [-0.25, -0.2) is 0 Å². The van der Waals surface area contributed by atoms with E-state index in [1.54, 1.807) is 6.92 Å². The molecule has 1 amide bonds. The van der Waals surface area contributed by atoms with E-state index in [1.165, 1.54) is 77.0 Å². The summed E-state index contributed by atoms with van der Waals surface area (Å²) in [5.41, 5.74) is 0. The summed E-state index contributed by atoms with van der Waals surface area (Å²) in [7, 11) is 0. The number of nitrogens with zero attached hydrogens (tertiary/aromatic N) is 1. The van der Waals surface area contributed by atoms with E-state index >= 15 is 0 Å². The van der Waals surface area contributed by atoms with Crippen molar-refractivity contribution in [3.63, 3.8) is 0 Å². The van der Waals surface area contributed by atoms with Crippen molar-refractivity contribution in [2.75, 3.05) is 32.8 Å². The summed E-state index contributed by atoms with van der Waals surface area (Å²) in [6, 6.07) is 0.461. The first-order chi connectivity index (χ1) is 20.9. The molecule has 2 N–H and O–H groups in total. The third-order valence-electron chi connectivity index (χ3n) is 8.40. The number of aliphatic carboxylic acids is 1. The van der Waals surface area contributed by atoms with Crippen molar-refractivity contribution in [3.8, 4) is 0 Å². The Morgan fingerprint density at radius 2 is 1.14 bits per heavy atom. The molecule has 0 aliphatic rings. The highest BCUT2D eigenvalue weighted by molar-refractivity contribution is 5.72. The number of carbonyl (C=O) groups excluding carboxylic acids is 1. The van der Waals surface area contributed by atoms with Crippen LogP contribution in [0, 0.1) is 0 Å². The van der Waals surface area contributed by atoms with Crippen molar-refractivity contribution in [3.05, 3.63) is 0 Å². The standard InChI is InChI=1S/C36H72N2O5/c1-5-7-9-11-17-23-31-42-36(43-32-24-18-12-10-8-6-2)27-21-15-16-22-29-38(30-28-37-34(4)39)33(3)25-19-13-14-20-26-35(40)41/h33,36H,5-32H2,1-4H3,(H,37,39)(H,40,41). The van der Waals surface area contributed by atoms with E-state index in [4.69, 9.17) is 14.6 Å². The van der Waals surface area contributed by atoms with Gasteiger partial charge < -0.3 is 19.9 Å². The Morgan fingerprint density at radius 1 is 0.651 bits per heavy atom. The van der Waals surface area contributed by atoms with Gasteiger partial charge in [-0.1, -0.05) is 110 Å². The molecule has 0 fully saturated rings. The van der Waals surface area contributed by atoms with Crippen LogP contribution in [0.15, 0.2) is 0 Å². The van der Waals surface area contributed by atoms with Gasteiger partial charge in [-0.05, 0) is 58.4 Å². The van der Waals surface area contributed by atoms with Gasteiger partial charge in [-0.2, -0.15) is 0 Å². The zero-order chi connectivity index (χ0) is 31.8. The second kappa shape index (κ2) is 32.2. The Morgan fingerprint density at radius 3 is 1.70 bits per heavy atom. The highest BCUT2D eigenvalue weighted by atomic mass is 16.7. The van der Waals surface area contributed by atoms with E-state index in [0.717, 1.165) is 90.5 Å². The summed E-state index contributed by atoms with van der Waals surface area (Å²) >= 11 is 0. The SMILES string of the molecule is CCCCCCCCOC(CCCCCCN(CCNC(C)=O)C(C)CCCCCCC(=O)O)OCCCCCCCC. The molecule has 0 aromatic heterocycles. The normalized spacial score (nSPS) is 12.3. The van der Waals surface area contributed by atoms with Gasteiger partial charge in [0.15, 0.2) is 6.29 Å². The van der Waals surface area contributed by atoms with Gasteiger partial charge in [0.1, 0.15) is 0 Å². The lowest BCUT2D eigenvalue weighted by Gasteiger charge is -2.29. The first kappa shape index (κ1) is 41.8. The van der Waals surface area contributed by atoms with Crippen LogP contribution in [0.25, 0.3) is 0 Å². The molecule has 0 aromatic carbocycles. The first-order valence-electron chi connectivity index (χ1n) is 18.3. The molecule has 0 saturated heterocycles. The number of rotatable bonds is 34. The number of amides is 1. The van der Waals surface area contributed by atoms with E-state index in [-0.39, 0.29) is 18.6 Å². The van der Waals surface area contributed by atoms with Crippen LogP contribution in [0.5, 0.6) is 0 Å². The van der Waals surface area contributed by atoms with Gasteiger partial charge in [-0.3, -0.25) is 14.5 Å². The van der Waals surface area contributed by atoms with Crippen molar-refractivity contribution in [1.29, 1.82) is 0 Å². The predicted octanol–water partition coefficient (Wildman–Crippen LogP) is 9.27. The van der Waals surface area contributed by atoms with Gasteiger partial charge >= 0.3 is 5.97 Å². The summed E-state index contributed by atoms with van der Waals surface area (Å²) in [5, 5.41) is 11.8. The smallest absolute Gasteiger partial charge is 0.303 e. The fourth-order valence-electron chi connectivity index (χ4n) is 5.57. The Labute approximate surface area is 266 Å². The van der Waals surface area contributed by atoms with Crippen LogP contribution in [-0.4, -0.2) is 67.1 Å². The zero-order valence-electron chi connectivity index (χ0n) is 29.0. The van der Waals surface area contributed by atoms with Crippen LogP contribution in [-0.2, 0) is 19.1 Å². The van der Waals surface area contributed by atoms with Crippen LogP contribution < -0.4 is 5.32 Å². The molecule has 43 heavy (non-hydrogen) atoms. The van der Waals surface area contributed by atoms with Crippen LogP contribution in [0.3, 0.4) is 0 Å². The van der Waals surface area contributed by atoms with Gasteiger partial charge in [-0.15, -0.1) is 0 Å². The van der Waals surface area contributed by atoms with E-state index < -0.39 is 5.97 Å². The number of hydrogen-bond donors (Lipinski definition) is 2. The molecule has 7 heteroatoms. The summed E-state index contributed by atoms with van der Waals surface area (Å²) < 4.78 is 12.4. The van der Waals surface area contributed by atoms with Crippen molar-refractivity contribution < 1.29 is 24.2 Å². The van der Waals surface area contributed by atoms with Crippen LogP contribution in [0.1, 0.15) is 175 Å². The van der Waals surface area contributed by atoms with Crippen molar-refractivity contribution in [2.45, 2.75) is 188 Å². The molecule has 1 atom stereocenters. The number of carboxylic acid groups (broad SMARTS) is 1. The minimum absolute atomic E-state index is 0.0259. The molecule has 256 valence electrons. The first-order valence-corrected chi connectivity index (χ1v) is 18.3. The zero-order valence-corrected chi connectivity index (χ0v) is 29.0. The Hall–Kier alpha value is -1.18. The van der Waals surface area contributed by atoms with Crippen molar-refractivity contribution >= 4 is 11.9 Å². The highest BCUT2D eigenvalue weighted by Crippen LogP contribution is 2.16. The maximum absolute atomic E-state index is 11.4. The number of carboxylic acids is 1. The Balaban J connectivity index is 4.40. The molecule has 0 rings (SSSR count). The van der Waals surface area contributed by atoms with Gasteiger partial charge in [0.05, 0.1) is 0 Å². The minimum Gasteiger partial charge on any atom is -0.481 e. The molecule has 0 spiro atoms. The van der Waals surface area contributed by atoms with E-state index in [9.17, 15) is 9.59 Å². The fourth-order valence-corrected chi connectivity index (χ4v) is 5.57. The second-order valence-corrected chi connectivity index (χ2v) is 12.6. The molecular formula is C36H72N2O5. The largest absolute Gasteiger partial charge is 0.481 e. The van der Waals surface area contributed by atoms with E-state index in [2.05, 4.69) is 31.0 Å². The molecular weight excluding hydrogens is 540 g/mol. The number of ether oxygens (including phenoxy) is 2. The lowest BCUT2D eigenvalue weighted by molar-refractivity contribution is -0.148. The highest BCUT2D eigenvalue weighted by Gasteiger charge is 2.14. The number of unbranched alkanes of at least 4 members (excludes halogenated alkanes) is 16. The monoisotopic (exact) mass is 613 g/mol. The fraction of sp³-hybridized carbons (Fsp3) is 0.944. The second-order valence-electron chi connectivity index (χ2n) is 12.6. The van der Waals surface area contributed by atoms with Gasteiger partial charge in [0, 0.05) is 45.7 Å². The molecule has 0 radical (unpaired) electrons. The van der Waals surface area contributed by atoms with Crippen molar-refractivity contribution in [2.24, 2.45) is 0 Å². The maximum atomic E-state index is 11.4. The summed E-state index contributed by atoms with van der Waals surface area (Å²) in [5.74, 6) is -0.674. The quantitative estimate of drug-likeness (QED) is 0.0556. The summed E-state index contributed by atoms with van der Waals surface area (Å²) in [6.45, 7) is 12.6. The molecule has 0 bridgehead atoms. The molecule has 7 nitrogen and oxygen atoms in total. The van der Waals surface area contributed by atoms with E-state index in [1.807, 2.05) is 0 Å². The van der Waals surface area contributed by atoms with Crippen molar-refractivity contribution in [1.82, 2.24) is 10.2 Å². The average Bonchev–Trinajstić information content (AvgIpc) is 2.97. The van der Waals surface area contributed by atoms with Crippen LogP contribution in [0.2, 0.25) is 0 Å². The van der Waals surface area contributed by atoms with Gasteiger partial charge in [0.2, 0.25) is 5.91 Å². The Bertz CT molecular complexity index is 600. The number of carbonyl (C=O) groups is 2. The third kappa shape index (κ3) is 30.6. The van der Waals surface area contributed by atoms with Crippen LogP contribution >= 0.6 is 0 Å². The topological polar surface area (TPSA) is 88.1 Å². The summed E-state index contributed by atoms with van der Waals surface area (Å²) in [4.78, 5) is 24.6. The lowest BCUT2D eigenvalue weighted by atomic mass is 10.1. The van der Waals surface area contributed by atoms with Crippen LogP contribution in [0.4, 0.5) is 0 Å². The molecule has 0 aromatic rings. The van der Waals surface area contributed by atoms with E-state index in [0.29, 0.717) is 12.6 Å². The number of nitrogens with one attached hydrogen (secondary N) is 1. The number of hydrogen-bond acceptors (Lipinski definition) is 5. The predicted molar refractivity (Wildman–Crippen MR) is 181 cm³/mol. The van der Waals surface area contributed by atoms with Gasteiger partial charge in [0.25, 0.3) is 0 Å². The maximum Gasteiger partial charge on any atom is 0.303 e. The third-order valence-corrected chi connectivity index (χ3v) is 8.40.